The fraction of sp³-hybridized carbons (Fsp3) is 0.115. The van der Waals surface area contributed by atoms with Gasteiger partial charge in [-0.15, -0.1) is 15.7 Å². The van der Waals surface area contributed by atoms with E-state index < -0.39 is 10.0 Å². The number of fused-ring (bicyclic) bond motifs is 1. The molecule has 3 aromatic heterocycles. The van der Waals surface area contributed by atoms with Crippen molar-refractivity contribution in [3.63, 3.8) is 0 Å². The maximum atomic E-state index is 12.9. The van der Waals surface area contributed by atoms with E-state index in [9.17, 15) is 8.76 Å². The highest BCUT2D eigenvalue weighted by atomic mass is 32.3. The van der Waals surface area contributed by atoms with Gasteiger partial charge in [-0.05, 0) is 71.1 Å². The van der Waals surface area contributed by atoms with Gasteiger partial charge in [-0.3, -0.25) is 4.55 Å². The number of aryl methyl sites for hydroxylation is 2. The summed E-state index contributed by atoms with van der Waals surface area (Å²) < 4.78 is 29.8. The third-order valence-corrected chi connectivity index (χ3v) is 8.10. The second-order valence-corrected chi connectivity index (χ2v) is 10.7. The minimum atomic E-state index is -3.64. The van der Waals surface area contributed by atoms with Crippen LogP contribution in [0.5, 0.6) is 0 Å². The molecule has 170 valence electrons. The molecule has 1 N–H and O–H groups in total. The summed E-state index contributed by atoms with van der Waals surface area (Å²) >= 11 is 1.19. The standard InChI is InChI=1S/C26H22N4O2S2/c31-34(32,24-14-7-19-33-24)29-25-26(28-23-13-5-4-12-22(23)27-25)30-17-15-21(16-18-30)11-6-10-20-8-2-1-3-9-20/h1-5,7-9,12-19H,6,10-11H2/p+1. The molecule has 8 heteroatoms. The summed E-state index contributed by atoms with van der Waals surface area (Å²) in [5, 5.41) is 1.75. The number of hydrogen-bond donors (Lipinski definition) is 1. The highest BCUT2D eigenvalue weighted by Gasteiger charge is 2.22. The molecule has 0 radical (unpaired) electrons. The molecule has 3 heterocycles. The number of rotatable bonds is 7. The van der Waals surface area contributed by atoms with Gasteiger partial charge in [0.2, 0.25) is 15.5 Å². The number of para-hydroxylation sites is 2. The minimum absolute atomic E-state index is 0.126. The number of aromatic nitrogens is 3. The Labute approximate surface area is 202 Å². The summed E-state index contributed by atoms with van der Waals surface area (Å²) in [6, 6.07) is 25.3. The summed E-state index contributed by atoms with van der Waals surface area (Å²) in [6.07, 6.45) is 6.85. The Morgan fingerprint density at radius 2 is 1.47 bits per heavy atom. The van der Waals surface area contributed by atoms with Crippen LogP contribution in [0.25, 0.3) is 16.9 Å². The smallest absolute Gasteiger partial charge is 0.296 e. The minimum Gasteiger partial charge on any atom is -0.296 e. The van der Waals surface area contributed by atoms with Crippen LogP contribution in [0.2, 0.25) is 0 Å². The van der Waals surface area contributed by atoms with Gasteiger partial charge in [0.1, 0.15) is 9.73 Å². The Hall–Kier alpha value is -3.46. The van der Waals surface area contributed by atoms with Gasteiger partial charge in [-0.2, -0.15) is 4.57 Å². The van der Waals surface area contributed by atoms with E-state index in [4.69, 9.17) is 4.98 Å². The molecule has 0 saturated carbocycles. The maximum Gasteiger partial charge on any atom is 0.374 e. The molecule has 0 amide bonds. The lowest BCUT2D eigenvalue weighted by molar-refractivity contribution is -0.598. The molecule has 34 heavy (non-hydrogen) atoms. The Kier molecular flexibility index (Phi) is 6.44. The molecule has 2 aromatic carbocycles. The van der Waals surface area contributed by atoms with Crippen molar-refractivity contribution in [2.24, 2.45) is 4.36 Å². The molecular weight excluding hydrogens is 464 g/mol. The fourth-order valence-corrected chi connectivity index (χ4v) is 5.63. The van der Waals surface area contributed by atoms with Crippen LogP contribution in [0, 0.1) is 0 Å². The second-order valence-electron chi connectivity index (χ2n) is 7.83. The number of pyridine rings is 1. The Balaban J connectivity index is 1.46. The van der Waals surface area contributed by atoms with Crippen molar-refractivity contribution >= 4 is 38.2 Å². The topological polar surface area (TPSA) is 79.3 Å². The quantitative estimate of drug-likeness (QED) is 0.295. The molecule has 1 unspecified atom stereocenters. The molecule has 6 nitrogen and oxygen atoms in total. The SMILES string of the molecule is O=S(O)(=Nc1nc2ccccc2nc1-[n+]1ccc(CCCc2ccccc2)cc1)c1cccs1. The van der Waals surface area contributed by atoms with E-state index in [1.54, 1.807) is 22.1 Å². The Morgan fingerprint density at radius 3 is 2.15 bits per heavy atom. The van der Waals surface area contributed by atoms with Crippen LogP contribution in [-0.2, 0) is 22.9 Å². The first-order valence-electron chi connectivity index (χ1n) is 10.9. The lowest BCUT2D eigenvalue weighted by atomic mass is 10.1. The van der Waals surface area contributed by atoms with Crippen LogP contribution in [0.4, 0.5) is 5.82 Å². The van der Waals surface area contributed by atoms with Gasteiger partial charge in [-0.1, -0.05) is 48.5 Å². The first-order chi connectivity index (χ1) is 16.6. The monoisotopic (exact) mass is 487 g/mol. The number of thiophene rings is 1. The van der Waals surface area contributed by atoms with Crippen LogP contribution in [0.1, 0.15) is 17.5 Å². The molecule has 0 aliphatic heterocycles. The van der Waals surface area contributed by atoms with E-state index in [1.807, 2.05) is 54.9 Å². The zero-order chi connectivity index (χ0) is 23.4. The zero-order valence-corrected chi connectivity index (χ0v) is 20.0. The summed E-state index contributed by atoms with van der Waals surface area (Å²) in [4.78, 5) is 9.28. The fourth-order valence-electron chi connectivity index (χ4n) is 3.70. The normalized spacial score (nSPS) is 13.0. The van der Waals surface area contributed by atoms with E-state index in [2.05, 4.69) is 33.6 Å². The van der Waals surface area contributed by atoms with Crippen LogP contribution in [0.15, 0.2) is 105 Å². The molecule has 1 atom stereocenters. The van der Waals surface area contributed by atoms with Crippen LogP contribution >= 0.6 is 11.3 Å². The van der Waals surface area contributed by atoms with Gasteiger partial charge in [-0.25, -0.2) is 9.19 Å². The van der Waals surface area contributed by atoms with E-state index in [-0.39, 0.29) is 10.0 Å². The van der Waals surface area contributed by atoms with Gasteiger partial charge in [0.25, 0.3) is 5.82 Å². The lowest BCUT2D eigenvalue weighted by Crippen LogP contribution is -2.31. The number of nitrogens with zero attached hydrogens (tertiary/aromatic N) is 4. The van der Waals surface area contributed by atoms with Gasteiger partial charge >= 0.3 is 5.82 Å². The molecule has 0 fully saturated rings. The number of benzene rings is 2. The van der Waals surface area contributed by atoms with Gasteiger partial charge in [0, 0.05) is 0 Å². The van der Waals surface area contributed by atoms with Crippen molar-refractivity contribution in [2.45, 2.75) is 23.5 Å². The maximum absolute atomic E-state index is 12.9. The number of hydrogen-bond acceptors (Lipinski definition) is 5. The molecule has 0 aliphatic carbocycles. The van der Waals surface area contributed by atoms with Crippen LogP contribution in [-0.4, -0.2) is 18.7 Å². The Morgan fingerprint density at radius 1 is 0.824 bits per heavy atom. The van der Waals surface area contributed by atoms with Crippen molar-refractivity contribution in [3.05, 3.63) is 108 Å². The average molecular weight is 488 g/mol. The van der Waals surface area contributed by atoms with E-state index in [1.165, 1.54) is 22.5 Å². The molecule has 0 spiro atoms. The van der Waals surface area contributed by atoms with Crippen molar-refractivity contribution in [1.82, 2.24) is 9.97 Å². The van der Waals surface area contributed by atoms with Crippen LogP contribution < -0.4 is 4.57 Å². The largest absolute Gasteiger partial charge is 0.374 e. The first-order valence-corrected chi connectivity index (χ1v) is 13.3. The molecule has 5 rings (SSSR count). The van der Waals surface area contributed by atoms with E-state index >= 15 is 0 Å². The van der Waals surface area contributed by atoms with Crippen molar-refractivity contribution < 1.29 is 13.3 Å². The van der Waals surface area contributed by atoms with E-state index in [0.717, 1.165) is 19.3 Å². The third-order valence-electron chi connectivity index (χ3n) is 5.42. The highest BCUT2D eigenvalue weighted by Crippen LogP contribution is 2.25. The first kappa shape index (κ1) is 22.3. The predicted molar refractivity (Wildman–Crippen MR) is 135 cm³/mol. The highest BCUT2D eigenvalue weighted by molar-refractivity contribution is 7.90. The second kappa shape index (κ2) is 9.80. The summed E-state index contributed by atoms with van der Waals surface area (Å²) in [7, 11) is -3.64. The van der Waals surface area contributed by atoms with Crippen LogP contribution in [0.3, 0.4) is 0 Å². The molecule has 5 aromatic rings. The van der Waals surface area contributed by atoms with Gasteiger partial charge in [0.15, 0.2) is 0 Å². The summed E-state index contributed by atoms with van der Waals surface area (Å²) in [6.45, 7) is 0. The van der Waals surface area contributed by atoms with Crippen molar-refractivity contribution in [2.75, 3.05) is 0 Å². The zero-order valence-electron chi connectivity index (χ0n) is 18.3. The summed E-state index contributed by atoms with van der Waals surface area (Å²) in [5.41, 5.74) is 3.86. The summed E-state index contributed by atoms with van der Waals surface area (Å²) in [5.74, 6) is 0.536. The van der Waals surface area contributed by atoms with Crippen molar-refractivity contribution in [1.29, 1.82) is 0 Å². The molecule has 0 saturated heterocycles. The van der Waals surface area contributed by atoms with Crippen molar-refractivity contribution in [3.8, 4) is 5.82 Å². The average Bonchev–Trinajstić information content (AvgIpc) is 3.41. The third kappa shape index (κ3) is 5.04. The van der Waals surface area contributed by atoms with Gasteiger partial charge < -0.3 is 0 Å². The predicted octanol–water partition coefficient (Wildman–Crippen LogP) is 5.77. The van der Waals surface area contributed by atoms with E-state index in [0.29, 0.717) is 16.9 Å². The van der Waals surface area contributed by atoms with Gasteiger partial charge in [0.05, 0.1) is 12.4 Å². The molecular formula is C26H23N4O2S2+. The molecule has 0 aliphatic rings. The lowest BCUT2D eigenvalue weighted by Gasteiger charge is -2.05. The molecule has 0 bridgehead atoms. The Bertz CT molecular complexity index is 1530.